The van der Waals surface area contributed by atoms with Gasteiger partial charge in [0.15, 0.2) is 0 Å². The number of aliphatic hydroxyl groups is 1. The molecule has 0 heterocycles. The van der Waals surface area contributed by atoms with Crippen LogP contribution in [0.15, 0.2) is 36.4 Å². The van der Waals surface area contributed by atoms with E-state index < -0.39 is 6.10 Å². The molecule has 0 saturated carbocycles. The van der Waals surface area contributed by atoms with Crippen molar-refractivity contribution in [3.05, 3.63) is 42.0 Å². The summed E-state index contributed by atoms with van der Waals surface area (Å²) in [7, 11) is 1.60. The summed E-state index contributed by atoms with van der Waals surface area (Å²) in [5, 5.41) is 9.86. The van der Waals surface area contributed by atoms with Crippen molar-refractivity contribution in [3.63, 3.8) is 0 Å². The molecule has 0 spiro atoms. The minimum atomic E-state index is -0.524. The summed E-state index contributed by atoms with van der Waals surface area (Å²) in [4.78, 5) is 0. The van der Waals surface area contributed by atoms with Crippen LogP contribution in [0.5, 0.6) is 5.75 Å². The molecule has 76 valence electrons. The summed E-state index contributed by atoms with van der Waals surface area (Å²) >= 11 is 0. The van der Waals surface area contributed by atoms with Gasteiger partial charge in [0.05, 0.1) is 13.2 Å². The number of hydrogen-bond donors (Lipinski definition) is 1. The summed E-state index contributed by atoms with van der Waals surface area (Å²) in [6.45, 7) is 5.68. The molecule has 2 nitrogen and oxygen atoms in total. The third kappa shape index (κ3) is 2.60. The maximum Gasteiger partial charge on any atom is 0.124 e. The van der Waals surface area contributed by atoms with E-state index in [9.17, 15) is 5.11 Å². The van der Waals surface area contributed by atoms with Crippen LogP contribution < -0.4 is 4.74 Å². The summed E-state index contributed by atoms with van der Waals surface area (Å²) in [5.74, 6) is 0.723. The normalized spacial score (nSPS) is 12.2. The Morgan fingerprint density at radius 3 is 2.71 bits per heavy atom. The van der Waals surface area contributed by atoms with Gasteiger partial charge in [-0.15, -0.1) is 6.58 Å². The number of rotatable bonds is 4. The molecule has 1 aromatic carbocycles. The zero-order chi connectivity index (χ0) is 10.6. The fourth-order valence-electron chi connectivity index (χ4n) is 1.38. The average molecular weight is 192 g/mol. The third-order valence-electron chi connectivity index (χ3n) is 2.04. The van der Waals surface area contributed by atoms with Crippen LogP contribution in [0.4, 0.5) is 0 Å². The van der Waals surface area contributed by atoms with Gasteiger partial charge in [0.2, 0.25) is 0 Å². The molecule has 0 bridgehead atoms. The molecule has 0 radical (unpaired) electrons. The highest BCUT2D eigenvalue weighted by molar-refractivity contribution is 5.35. The summed E-state index contributed by atoms with van der Waals surface area (Å²) in [5.41, 5.74) is 1.78. The van der Waals surface area contributed by atoms with E-state index in [0.717, 1.165) is 16.9 Å². The first-order valence-corrected chi connectivity index (χ1v) is 4.60. The van der Waals surface area contributed by atoms with E-state index in [1.165, 1.54) is 0 Å². The molecule has 0 aliphatic heterocycles. The maximum atomic E-state index is 9.86. The lowest BCUT2D eigenvalue weighted by molar-refractivity contribution is 0.174. The Morgan fingerprint density at radius 2 is 2.14 bits per heavy atom. The van der Waals surface area contributed by atoms with E-state index in [-0.39, 0.29) is 0 Å². The molecule has 1 rings (SSSR count). The van der Waals surface area contributed by atoms with Gasteiger partial charge in [-0.1, -0.05) is 23.8 Å². The average Bonchev–Trinajstić information content (AvgIpc) is 2.16. The van der Waals surface area contributed by atoms with Crippen LogP contribution >= 0.6 is 0 Å². The standard InChI is InChI=1S/C12H16O2/c1-9(2)8-11(13)10-6-4-5-7-12(10)14-3/h4-7,11,13H,1,8H2,2-3H3. The highest BCUT2D eigenvalue weighted by Crippen LogP contribution is 2.28. The van der Waals surface area contributed by atoms with Crippen molar-refractivity contribution in [2.45, 2.75) is 19.4 Å². The van der Waals surface area contributed by atoms with Crippen molar-refractivity contribution in [2.75, 3.05) is 7.11 Å². The molecule has 2 heteroatoms. The molecule has 1 aromatic rings. The first kappa shape index (κ1) is 10.8. The number of aliphatic hydroxyl groups excluding tert-OH is 1. The number of para-hydroxylation sites is 1. The molecule has 0 amide bonds. The van der Waals surface area contributed by atoms with Crippen molar-refractivity contribution >= 4 is 0 Å². The zero-order valence-electron chi connectivity index (χ0n) is 8.66. The van der Waals surface area contributed by atoms with Crippen molar-refractivity contribution in [1.82, 2.24) is 0 Å². The molecule has 1 N–H and O–H groups in total. The topological polar surface area (TPSA) is 29.5 Å². The van der Waals surface area contributed by atoms with Gasteiger partial charge in [0.25, 0.3) is 0 Å². The van der Waals surface area contributed by atoms with Gasteiger partial charge >= 0.3 is 0 Å². The predicted octanol–water partition coefficient (Wildman–Crippen LogP) is 2.69. The first-order chi connectivity index (χ1) is 6.65. The van der Waals surface area contributed by atoms with Crippen molar-refractivity contribution in [3.8, 4) is 5.75 Å². The Balaban J connectivity index is 2.87. The molecular weight excluding hydrogens is 176 g/mol. The van der Waals surface area contributed by atoms with Crippen molar-refractivity contribution in [2.24, 2.45) is 0 Å². The van der Waals surface area contributed by atoms with Crippen molar-refractivity contribution in [1.29, 1.82) is 0 Å². The monoisotopic (exact) mass is 192 g/mol. The highest BCUT2D eigenvalue weighted by Gasteiger charge is 2.11. The zero-order valence-corrected chi connectivity index (χ0v) is 8.66. The number of benzene rings is 1. The van der Waals surface area contributed by atoms with Gasteiger partial charge in [0.1, 0.15) is 5.75 Å². The Bertz CT molecular complexity index is 318. The third-order valence-corrected chi connectivity index (χ3v) is 2.04. The smallest absolute Gasteiger partial charge is 0.124 e. The van der Waals surface area contributed by atoms with E-state index in [1.807, 2.05) is 31.2 Å². The Labute approximate surface area is 84.8 Å². The van der Waals surface area contributed by atoms with E-state index >= 15 is 0 Å². The number of hydrogen-bond acceptors (Lipinski definition) is 2. The molecule has 0 saturated heterocycles. The van der Waals surface area contributed by atoms with Gasteiger partial charge in [-0.2, -0.15) is 0 Å². The largest absolute Gasteiger partial charge is 0.496 e. The second-order valence-corrected chi connectivity index (χ2v) is 3.42. The first-order valence-electron chi connectivity index (χ1n) is 4.60. The van der Waals surface area contributed by atoms with Gasteiger partial charge in [-0.3, -0.25) is 0 Å². The maximum absolute atomic E-state index is 9.86. The minimum absolute atomic E-state index is 0.524. The van der Waals surface area contributed by atoms with Crippen LogP contribution in [0.3, 0.4) is 0 Å². The molecule has 0 aromatic heterocycles. The molecule has 0 aliphatic carbocycles. The molecular formula is C12H16O2. The fraction of sp³-hybridized carbons (Fsp3) is 0.333. The molecule has 14 heavy (non-hydrogen) atoms. The Kier molecular flexibility index (Phi) is 3.72. The van der Waals surface area contributed by atoms with Crippen LogP contribution in [0.1, 0.15) is 25.0 Å². The van der Waals surface area contributed by atoms with Gasteiger partial charge in [0, 0.05) is 5.56 Å². The van der Waals surface area contributed by atoms with Crippen molar-refractivity contribution < 1.29 is 9.84 Å². The summed E-state index contributed by atoms with van der Waals surface area (Å²) < 4.78 is 5.16. The van der Waals surface area contributed by atoms with Crippen LogP contribution in [0.25, 0.3) is 0 Å². The summed E-state index contributed by atoms with van der Waals surface area (Å²) in [6, 6.07) is 7.48. The van der Waals surface area contributed by atoms with Crippen LogP contribution in [-0.4, -0.2) is 12.2 Å². The number of methoxy groups -OCH3 is 1. The summed E-state index contributed by atoms with van der Waals surface area (Å²) in [6.07, 6.45) is 0.0454. The quantitative estimate of drug-likeness (QED) is 0.743. The molecule has 0 fully saturated rings. The molecule has 0 aliphatic rings. The van der Waals surface area contributed by atoms with E-state index in [0.29, 0.717) is 6.42 Å². The lowest BCUT2D eigenvalue weighted by Crippen LogP contribution is -2.00. The second kappa shape index (κ2) is 4.82. The molecule has 1 atom stereocenters. The van der Waals surface area contributed by atoms with Gasteiger partial charge < -0.3 is 9.84 Å². The van der Waals surface area contributed by atoms with E-state index in [2.05, 4.69) is 6.58 Å². The predicted molar refractivity (Wildman–Crippen MR) is 57.4 cm³/mol. The lowest BCUT2D eigenvalue weighted by Gasteiger charge is -2.14. The SMILES string of the molecule is C=C(C)CC(O)c1ccccc1OC. The Morgan fingerprint density at radius 1 is 1.50 bits per heavy atom. The van der Waals surface area contributed by atoms with E-state index in [4.69, 9.17) is 4.74 Å². The van der Waals surface area contributed by atoms with Crippen LogP contribution in [-0.2, 0) is 0 Å². The lowest BCUT2D eigenvalue weighted by atomic mass is 10.0. The Hall–Kier alpha value is -1.28. The van der Waals surface area contributed by atoms with Crippen LogP contribution in [0.2, 0.25) is 0 Å². The minimum Gasteiger partial charge on any atom is -0.496 e. The molecule has 1 unspecified atom stereocenters. The number of ether oxygens (including phenoxy) is 1. The van der Waals surface area contributed by atoms with Gasteiger partial charge in [-0.05, 0) is 19.4 Å². The van der Waals surface area contributed by atoms with Crippen LogP contribution in [0, 0.1) is 0 Å². The fourth-order valence-corrected chi connectivity index (χ4v) is 1.38. The van der Waals surface area contributed by atoms with Gasteiger partial charge in [-0.25, -0.2) is 0 Å². The highest BCUT2D eigenvalue weighted by atomic mass is 16.5. The second-order valence-electron chi connectivity index (χ2n) is 3.42. The van der Waals surface area contributed by atoms with E-state index in [1.54, 1.807) is 7.11 Å².